The molecule has 0 radical (unpaired) electrons. The van der Waals surface area contributed by atoms with E-state index < -0.39 is 6.04 Å². The lowest BCUT2D eigenvalue weighted by Crippen LogP contribution is -2.49. The van der Waals surface area contributed by atoms with E-state index in [1.165, 1.54) is 0 Å². The molecule has 4 aromatic rings. The number of carbonyl (C=O) groups excluding carboxylic acids is 2. The molecule has 2 amide bonds. The lowest BCUT2D eigenvalue weighted by molar-refractivity contribution is -0.127. The number of aromatic nitrogens is 2. The predicted octanol–water partition coefficient (Wildman–Crippen LogP) is 4.26. The molecule has 2 N–H and O–H groups in total. The highest BCUT2D eigenvalue weighted by molar-refractivity contribution is 9.10. The molecule has 0 aliphatic rings. The second-order valence-electron chi connectivity index (χ2n) is 7.56. The summed E-state index contributed by atoms with van der Waals surface area (Å²) in [5.74, 6) is 0.118. The van der Waals surface area contributed by atoms with Crippen molar-refractivity contribution in [3.8, 4) is 0 Å². The zero-order valence-corrected chi connectivity index (χ0v) is 19.2. The number of hydrogen-bond donors (Lipinski definition) is 2. The molecule has 0 unspecified atom stereocenters. The molecular weight excluding hydrogens is 468 g/mol. The summed E-state index contributed by atoms with van der Waals surface area (Å²) in [6.07, 6.45) is 0.460. The standard InChI is InChI=1S/C25H23BrN4O2/c1-30(19-13-11-18(26)12-14-19)25(32)22(15-17-7-3-2-4-8-17)29-24(31)16-23-27-20-9-5-6-10-21(20)28-23/h2-14,22H,15-16H2,1H3,(H,27,28)(H,29,31)/t22-/m0/s1. The van der Waals surface area contributed by atoms with Gasteiger partial charge in [0.1, 0.15) is 11.9 Å². The third-order valence-corrected chi connectivity index (χ3v) is 5.76. The number of imidazole rings is 1. The molecule has 1 aromatic heterocycles. The summed E-state index contributed by atoms with van der Waals surface area (Å²) in [5.41, 5.74) is 3.41. The van der Waals surface area contributed by atoms with Gasteiger partial charge >= 0.3 is 0 Å². The molecule has 0 aliphatic carbocycles. The maximum Gasteiger partial charge on any atom is 0.249 e. The van der Waals surface area contributed by atoms with Crippen molar-refractivity contribution < 1.29 is 9.59 Å². The SMILES string of the molecule is CN(C(=O)[C@H](Cc1ccccc1)NC(=O)Cc1nc2ccccc2[nH]1)c1ccc(Br)cc1. The van der Waals surface area contributed by atoms with Gasteiger partial charge in [0.05, 0.1) is 17.5 Å². The largest absolute Gasteiger partial charge is 0.344 e. The lowest BCUT2D eigenvalue weighted by Gasteiger charge is -2.25. The summed E-state index contributed by atoms with van der Waals surface area (Å²) in [4.78, 5) is 35.4. The smallest absolute Gasteiger partial charge is 0.249 e. The Morgan fingerprint density at radius 2 is 1.69 bits per heavy atom. The van der Waals surface area contributed by atoms with Crippen molar-refractivity contribution in [2.45, 2.75) is 18.9 Å². The maximum atomic E-state index is 13.3. The molecular formula is C25H23BrN4O2. The van der Waals surface area contributed by atoms with E-state index in [0.717, 1.165) is 26.8 Å². The predicted molar refractivity (Wildman–Crippen MR) is 129 cm³/mol. The molecule has 7 heteroatoms. The van der Waals surface area contributed by atoms with Crippen LogP contribution in [0.2, 0.25) is 0 Å². The van der Waals surface area contributed by atoms with E-state index in [1.54, 1.807) is 11.9 Å². The van der Waals surface area contributed by atoms with E-state index in [9.17, 15) is 9.59 Å². The van der Waals surface area contributed by atoms with Crippen LogP contribution in [0.25, 0.3) is 11.0 Å². The Bertz CT molecular complexity index is 1190. The topological polar surface area (TPSA) is 78.1 Å². The number of aromatic amines is 1. The molecule has 0 fully saturated rings. The first-order chi connectivity index (χ1) is 15.5. The van der Waals surface area contributed by atoms with E-state index in [-0.39, 0.29) is 18.2 Å². The Morgan fingerprint density at radius 1 is 1.00 bits per heavy atom. The van der Waals surface area contributed by atoms with Crippen LogP contribution in [0.1, 0.15) is 11.4 Å². The first-order valence-corrected chi connectivity index (χ1v) is 11.1. The van der Waals surface area contributed by atoms with Crippen LogP contribution in [-0.2, 0) is 22.4 Å². The first kappa shape index (κ1) is 21.8. The molecule has 32 heavy (non-hydrogen) atoms. The fourth-order valence-corrected chi connectivity index (χ4v) is 3.83. The van der Waals surface area contributed by atoms with Crippen LogP contribution in [0.5, 0.6) is 0 Å². The quantitative estimate of drug-likeness (QED) is 0.406. The van der Waals surface area contributed by atoms with Crippen molar-refractivity contribution in [2.24, 2.45) is 0 Å². The molecule has 6 nitrogen and oxygen atoms in total. The average Bonchev–Trinajstić information content (AvgIpc) is 3.21. The number of fused-ring (bicyclic) bond motifs is 1. The number of nitrogens with one attached hydrogen (secondary N) is 2. The number of benzene rings is 3. The normalized spacial score (nSPS) is 11.8. The number of amides is 2. The number of anilines is 1. The molecule has 1 heterocycles. The molecule has 3 aromatic carbocycles. The van der Waals surface area contributed by atoms with Gasteiger partial charge in [-0.25, -0.2) is 4.98 Å². The van der Waals surface area contributed by atoms with Crippen LogP contribution in [0, 0.1) is 0 Å². The second kappa shape index (κ2) is 9.78. The van der Waals surface area contributed by atoms with E-state index in [2.05, 4.69) is 31.2 Å². The zero-order valence-electron chi connectivity index (χ0n) is 17.6. The van der Waals surface area contributed by atoms with Crippen LogP contribution in [0.3, 0.4) is 0 Å². The Morgan fingerprint density at radius 3 is 2.41 bits per heavy atom. The third kappa shape index (κ3) is 5.23. The molecule has 0 bridgehead atoms. The Kier molecular flexibility index (Phi) is 6.66. The molecule has 0 saturated heterocycles. The molecule has 162 valence electrons. The van der Waals surface area contributed by atoms with Crippen molar-refractivity contribution in [2.75, 3.05) is 11.9 Å². The van der Waals surface area contributed by atoms with Gasteiger partial charge in [0, 0.05) is 23.6 Å². The highest BCUT2D eigenvalue weighted by Crippen LogP contribution is 2.19. The van der Waals surface area contributed by atoms with Crippen LogP contribution in [-0.4, -0.2) is 34.9 Å². The molecule has 0 aliphatic heterocycles. The van der Waals surface area contributed by atoms with Crippen molar-refractivity contribution in [3.63, 3.8) is 0 Å². The number of halogens is 1. The highest BCUT2D eigenvalue weighted by atomic mass is 79.9. The Hall–Kier alpha value is -3.45. The summed E-state index contributed by atoms with van der Waals surface area (Å²) < 4.78 is 0.932. The molecule has 1 atom stereocenters. The van der Waals surface area contributed by atoms with Crippen LogP contribution in [0.15, 0.2) is 83.3 Å². The minimum Gasteiger partial charge on any atom is -0.344 e. The molecule has 0 spiro atoms. The summed E-state index contributed by atoms with van der Waals surface area (Å²) in [6.45, 7) is 0. The van der Waals surface area contributed by atoms with E-state index in [0.29, 0.717) is 12.2 Å². The van der Waals surface area contributed by atoms with Gasteiger partial charge in [-0.3, -0.25) is 9.59 Å². The molecule has 0 saturated carbocycles. The fourth-order valence-electron chi connectivity index (χ4n) is 3.56. The van der Waals surface area contributed by atoms with Gasteiger partial charge in [-0.15, -0.1) is 0 Å². The van der Waals surface area contributed by atoms with Crippen molar-refractivity contribution in [1.29, 1.82) is 0 Å². The van der Waals surface area contributed by atoms with Crippen LogP contribution < -0.4 is 10.2 Å². The fraction of sp³-hybridized carbons (Fsp3) is 0.160. The Labute approximate surface area is 194 Å². The number of para-hydroxylation sites is 2. The van der Waals surface area contributed by atoms with Gasteiger partial charge in [-0.05, 0) is 42.0 Å². The van der Waals surface area contributed by atoms with Crippen molar-refractivity contribution >= 4 is 44.5 Å². The van der Waals surface area contributed by atoms with Gasteiger partial charge in [0.25, 0.3) is 0 Å². The minimum atomic E-state index is -0.706. The van der Waals surface area contributed by atoms with Crippen LogP contribution >= 0.6 is 15.9 Å². The van der Waals surface area contributed by atoms with E-state index >= 15 is 0 Å². The van der Waals surface area contributed by atoms with Crippen molar-refractivity contribution in [1.82, 2.24) is 15.3 Å². The van der Waals surface area contributed by atoms with Gasteiger partial charge in [0.2, 0.25) is 11.8 Å². The van der Waals surface area contributed by atoms with Gasteiger partial charge in [-0.2, -0.15) is 0 Å². The van der Waals surface area contributed by atoms with E-state index in [4.69, 9.17) is 0 Å². The monoisotopic (exact) mass is 490 g/mol. The number of nitrogens with zero attached hydrogens (tertiary/aromatic N) is 2. The third-order valence-electron chi connectivity index (χ3n) is 5.23. The first-order valence-electron chi connectivity index (χ1n) is 10.3. The number of likely N-dealkylation sites (N-methyl/N-ethyl adjacent to an activating group) is 1. The van der Waals surface area contributed by atoms with Gasteiger partial charge in [0.15, 0.2) is 0 Å². The highest BCUT2D eigenvalue weighted by Gasteiger charge is 2.25. The zero-order chi connectivity index (χ0) is 22.5. The lowest BCUT2D eigenvalue weighted by atomic mass is 10.0. The summed E-state index contributed by atoms with van der Waals surface area (Å²) in [7, 11) is 1.72. The Balaban J connectivity index is 1.52. The maximum absolute atomic E-state index is 13.3. The number of carbonyl (C=O) groups is 2. The molecule has 4 rings (SSSR count). The summed E-state index contributed by atoms with van der Waals surface area (Å²) >= 11 is 3.41. The van der Waals surface area contributed by atoms with Gasteiger partial charge in [-0.1, -0.05) is 58.4 Å². The minimum absolute atomic E-state index is 0.0647. The van der Waals surface area contributed by atoms with Crippen molar-refractivity contribution in [3.05, 3.63) is 94.7 Å². The number of H-pyrrole nitrogens is 1. The average molecular weight is 491 g/mol. The van der Waals surface area contributed by atoms with Gasteiger partial charge < -0.3 is 15.2 Å². The summed E-state index contributed by atoms with van der Waals surface area (Å²) in [5, 5.41) is 2.92. The van der Waals surface area contributed by atoms with Crippen LogP contribution in [0.4, 0.5) is 5.69 Å². The van der Waals surface area contributed by atoms with E-state index in [1.807, 2.05) is 78.9 Å². The number of hydrogen-bond acceptors (Lipinski definition) is 3. The summed E-state index contributed by atoms with van der Waals surface area (Å²) in [6, 6.07) is 24.1. The number of rotatable bonds is 7. The second-order valence-corrected chi connectivity index (χ2v) is 8.48.